The fraction of sp³-hybridized carbons (Fsp3) is 0.105. The van der Waals surface area contributed by atoms with E-state index in [2.05, 4.69) is 36.5 Å². The molecule has 0 aliphatic carbocycles. The maximum absolute atomic E-state index is 12.4. The number of anilines is 1. The van der Waals surface area contributed by atoms with Crippen LogP contribution in [-0.4, -0.2) is 5.91 Å². The molecule has 1 heterocycles. The molecule has 0 radical (unpaired) electrons. The SMILES string of the molecule is Cc1cc(C)c(NC(=O)c2cccs2)c(-c2ccccc2)c1. The summed E-state index contributed by atoms with van der Waals surface area (Å²) in [7, 11) is 0. The Bertz CT molecular complexity index is 792. The summed E-state index contributed by atoms with van der Waals surface area (Å²) < 4.78 is 0. The molecule has 0 fully saturated rings. The van der Waals surface area contributed by atoms with Crippen LogP contribution in [0, 0.1) is 13.8 Å². The molecule has 2 aromatic carbocycles. The van der Waals surface area contributed by atoms with Crippen molar-refractivity contribution in [3.05, 3.63) is 76.0 Å². The van der Waals surface area contributed by atoms with Crippen LogP contribution in [-0.2, 0) is 0 Å². The van der Waals surface area contributed by atoms with Crippen molar-refractivity contribution < 1.29 is 4.79 Å². The third-order valence-electron chi connectivity index (χ3n) is 3.55. The highest BCUT2D eigenvalue weighted by atomic mass is 32.1. The first-order valence-corrected chi connectivity index (χ1v) is 8.04. The van der Waals surface area contributed by atoms with E-state index < -0.39 is 0 Å². The molecule has 1 amide bonds. The molecule has 110 valence electrons. The second-order valence-electron chi connectivity index (χ2n) is 5.30. The van der Waals surface area contributed by atoms with Gasteiger partial charge in [-0.3, -0.25) is 4.79 Å². The van der Waals surface area contributed by atoms with E-state index in [9.17, 15) is 4.79 Å². The second kappa shape index (κ2) is 6.16. The van der Waals surface area contributed by atoms with Crippen LogP contribution in [0.5, 0.6) is 0 Å². The lowest BCUT2D eigenvalue weighted by Crippen LogP contribution is -2.12. The van der Waals surface area contributed by atoms with Gasteiger partial charge in [-0.05, 0) is 42.5 Å². The molecule has 3 rings (SSSR count). The van der Waals surface area contributed by atoms with Crippen molar-refractivity contribution in [3.8, 4) is 11.1 Å². The van der Waals surface area contributed by atoms with E-state index >= 15 is 0 Å². The van der Waals surface area contributed by atoms with Crippen molar-refractivity contribution in [2.75, 3.05) is 5.32 Å². The lowest BCUT2D eigenvalue weighted by atomic mass is 9.98. The molecule has 0 bridgehead atoms. The number of aryl methyl sites for hydroxylation is 2. The molecular formula is C19H17NOS. The first-order chi connectivity index (χ1) is 10.6. The predicted octanol–water partition coefficient (Wildman–Crippen LogP) is 5.28. The molecule has 0 saturated heterocycles. The summed E-state index contributed by atoms with van der Waals surface area (Å²) in [5.74, 6) is -0.0564. The van der Waals surface area contributed by atoms with Crippen LogP contribution in [0.1, 0.15) is 20.8 Å². The first-order valence-electron chi connectivity index (χ1n) is 7.16. The normalized spacial score (nSPS) is 10.5. The summed E-state index contributed by atoms with van der Waals surface area (Å²) in [6.07, 6.45) is 0. The molecule has 0 aliphatic heterocycles. The van der Waals surface area contributed by atoms with E-state index in [1.54, 1.807) is 0 Å². The molecule has 0 saturated carbocycles. The minimum Gasteiger partial charge on any atom is -0.320 e. The number of rotatable bonds is 3. The van der Waals surface area contributed by atoms with Gasteiger partial charge < -0.3 is 5.32 Å². The number of thiophene rings is 1. The van der Waals surface area contributed by atoms with Crippen molar-refractivity contribution in [1.82, 2.24) is 0 Å². The predicted molar refractivity (Wildman–Crippen MR) is 93.6 cm³/mol. The highest BCUT2D eigenvalue weighted by molar-refractivity contribution is 7.12. The van der Waals surface area contributed by atoms with Crippen molar-refractivity contribution in [2.45, 2.75) is 13.8 Å². The van der Waals surface area contributed by atoms with Crippen LogP contribution in [0.25, 0.3) is 11.1 Å². The number of benzene rings is 2. The third-order valence-corrected chi connectivity index (χ3v) is 4.42. The Hall–Kier alpha value is -2.39. The average molecular weight is 307 g/mol. The smallest absolute Gasteiger partial charge is 0.265 e. The number of nitrogens with one attached hydrogen (secondary N) is 1. The molecule has 1 N–H and O–H groups in total. The Balaban J connectivity index is 2.05. The Labute approximate surface area is 134 Å². The fourth-order valence-electron chi connectivity index (χ4n) is 2.56. The fourth-order valence-corrected chi connectivity index (χ4v) is 3.18. The summed E-state index contributed by atoms with van der Waals surface area (Å²) in [4.78, 5) is 13.1. The van der Waals surface area contributed by atoms with Crippen molar-refractivity contribution in [1.29, 1.82) is 0 Å². The zero-order valence-electron chi connectivity index (χ0n) is 12.6. The van der Waals surface area contributed by atoms with Gasteiger partial charge in [-0.1, -0.05) is 48.0 Å². The van der Waals surface area contributed by atoms with E-state index in [1.165, 1.54) is 16.9 Å². The van der Waals surface area contributed by atoms with E-state index in [4.69, 9.17) is 0 Å². The topological polar surface area (TPSA) is 29.1 Å². The first kappa shape index (κ1) is 14.5. The Morgan fingerprint density at radius 2 is 1.77 bits per heavy atom. The van der Waals surface area contributed by atoms with E-state index in [-0.39, 0.29) is 5.91 Å². The molecule has 22 heavy (non-hydrogen) atoms. The van der Waals surface area contributed by atoms with Gasteiger partial charge in [-0.2, -0.15) is 0 Å². The molecule has 2 nitrogen and oxygen atoms in total. The van der Waals surface area contributed by atoms with E-state index in [0.29, 0.717) is 0 Å². The quantitative estimate of drug-likeness (QED) is 0.700. The van der Waals surface area contributed by atoms with E-state index in [1.807, 2.05) is 42.6 Å². The van der Waals surface area contributed by atoms with Gasteiger partial charge in [0, 0.05) is 5.56 Å². The van der Waals surface area contributed by atoms with Crippen molar-refractivity contribution >= 4 is 22.9 Å². The Morgan fingerprint density at radius 1 is 1.00 bits per heavy atom. The van der Waals surface area contributed by atoms with Crippen LogP contribution in [0.2, 0.25) is 0 Å². The highest BCUT2D eigenvalue weighted by Crippen LogP contribution is 2.32. The third kappa shape index (κ3) is 2.95. The molecule has 0 unspecified atom stereocenters. The van der Waals surface area contributed by atoms with Crippen LogP contribution in [0.3, 0.4) is 0 Å². The maximum Gasteiger partial charge on any atom is 0.265 e. The largest absolute Gasteiger partial charge is 0.320 e. The highest BCUT2D eigenvalue weighted by Gasteiger charge is 2.14. The zero-order valence-corrected chi connectivity index (χ0v) is 13.4. The van der Waals surface area contributed by atoms with Gasteiger partial charge in [0.15, 0.2) is 0 Å². The standard InChI is InChI=1S/C19H17NOS/c1-13-11-14(2)18(20-19(21)17-9-6-10-22-17)16(12-13)15-7-4-3-5-8-15/h3-12H,1-2H3,(H,20,21). The van der Waals surface area contributed by atoms with Crippen LogP contribution in [0.4, 0.5) is 5.69 Å². The van der Waals surface area contributed by atoms with Gasteiger partial charge in [-0.15, -0.1) is 11.3 Å². The second-order valence-corrected chi connectivity index (χ2v) is 6.25. The molecule has 0 aliphatic rings. The van der Waals surface area contributed by atoms with Gasteiger partial charge in [0.2, 0.25) is 0 Å². The van der Waals surface area contributed by atoms with Crippen LogP contribution >= 0.6 is 11.3 Å². The number of hydrogen-bond donors (Lipinski definition) is 1. The van der Waals surface area contributed by atoms with Gasteiger partial charge in [-0.25, -0.2) is 0 Å². The molecular weight excluding hydrogens is 290 g/mol. The van der Waals surface area contributed by atoms with Crippen LogP contribution in [0.15, 0.2) is 60.0 Å². The number of carbonyl (C=O) groups is 1. The summed E-state index contributed by atoms with van der Waals surface area (Å²) in [6.45, 7) is 4.10. The van der Waals surface area contributed by atoms with Gasteiger partial charge >= 0.3 is 0 Å². The van der Waals surface area contributed by atoms with Gasteiger partial charge in [0.1, 0.15) is 0 Å². The molecule has 0 spiro atoms. The Morgan fingerprint density at radius 3 is 2.45 bits per heavy atom. The zero-order chi connectivity index (χ0) is 15.5. The lowest BCUT2D eigenvalue weighted by Gasteiger charge is -2.15. The summed E-state index contributed by atoms with van der Waals surface area (Å²) in [6, 6.07) is 18.1. The minimum absolute atomic E-state index is 0.0564. The molecule has 3 heteroatoms. The van der Waals surface area contributed by atoms with Crippen molar-refractivity contribution in [3.63, 3.8) is 0 Å². The number of carbonyl (C=O) groups excluding carboxylic acids is 1. The van der Waals surface area contributed by atoms with Crippen molar-refractivity contribution in [2.24, 2.45) is 0 Å². The maximum atomic E-state index is 12.4. The molecule has 3 aromatic rings. The minimum atomic E-state index is -0.0564. The number of hydrogen-bond acceptors (Lipinski definition) is 2. The number of amides is 1. The summed E-state index contributed by atoms with van der Waals surface area (Å²) in [5.41, 5.74) is 5.31. The lowest BCUT2D eigenvalue weighted by molar-refractivity contribution is 0.103. The molecule has 1 aromatic heterocycles. The summed E-state index contributed by atoms with van der Waals surface area (Å²) >= 11 is 1.45. The monoisotopic (exact) mass is 307 g/mol. The average Bonchev–Trinajstić information content (AvgIpc) is 3.05. The van der Waals surface area contributed by atoms with Crippen LogP contribution < -0.4 is 5.32 Å². The van der Waals surface area contributed by atoms with Gasteiger partial charge in [0.05, 0.1) is 10.6 Å². The van der Waals surface area contributed by atoms with Gasteiger partial charge in [0.25, 0.3) is 5.91 Å². The molecule has 0 atom stereocenters. The summed E-state index contributed by atoms with van der Waals surface area (Å²) in [5, 5.41) is 4.99. The van der Waals surface area contributed by atoms with E-state index in [0.717, 1.165) is 27.3 Å². The Kier molecular flexibility index (Phi) is 4.07.